The molecule has 4 nitrogen and oxygen atoms in total. The van der Waals surface area contributed by atoms with Gasteiger partial charge in [0.15, 0.2) is 5.17 Å². The number of carbonyl (C=O) groups excluding carboxylic acids is 1. The summed E-state index contributed by atoms with van der Waals surface area (Å²) >= 11 is 13.5. The zero-order chi connectivity index (χ0) is 16.9. The highest BCUT2D eigenvalue weighted by atomic mass is 35.5. The van der Waals surface area contributed by atoms with Crippen molar-refractivity contribution in [3.63, 3.8) is 0 Å². The van der Waals surface area contributed by atoms with Crippen molar-refractivity contribution in [2.75, 3.05) is 0 Å². The van der Waals surface area contributed by atoms with Gasteiger partial charge in [-0.1, -0.05) is 65.3 Å². The minimum Gasteiger partial charge on any atom is -0.303 e. The number of hydrogen-bond acceptors (Lipinski definition) is 4. The molecule has 0 aromatic heterocycles. The molecule has 24 heavy (non-hydrogen) atoms. The number of hydrogen-bond donors (Lipinski definition) is 1. The number of amidine groups is 1. The van der Waals surface area contributed by atoms with Crippen molar-refractivity contribution < 1.29 is 4.79 Å². The van der Waals surface area contributed by atoms with Crippen LogP contribution in [0.25, 0.3) is 0 Å². The molecule has 3 rings (SSSR count). The van der Waals surface area contributed by atoms with E-state index in [-0.39, 0.29) is 11.2 Å². The van der Waals surface area contributed by atoms with Crippen molar-refractivity contribution in [3.8, 4) is 0 Å². The summed E-state index contributed by atoms with van der Waals surface area (Å²) in [5, 5.41) is 12.2. The number of thioether (sulfide) groups is 1. The van der Waals surface area contributed by atoms with Gasteiger partial charge in [0, 0.05) is 10.0 Å². The molecule has 122 valence electrons. The van der Waals surface area contributed by atoms with E-state index in [0.29, 0.717) is 21.6 Å². The van der Waals surface area contributed by atoms with Gasteiger partial charge in [0.2, 0.25) is 5.91 Å². The maximum atomic E-state index is 12.1. The van der Waals surface area contributed by atoms with Crippen LogP contribution in [0.5, 0.6) is 0 Å². The first-order valence-corrected chi connectivity index (χ1v) is 8.83. The second kappa shape index (κ2) is 7.83. The fraction of sp³-hybridized carbons (Fsp3) is 0.118. The third-order valence-electron chi connectivity index (χ3n) is 3.34. The molecule has 0 unspecified atom stereocenters. The molecule has 7 heteroatoms. The van der Waals surface area contributed by atoms with Crippen LogP contribution in [0.2, 0.25) is 10.0 Å². The Kier molecular flexibility index (Phi) is 5.56. The van der Waals surface area contributed by atoms with Gasteiger partial charge in [-0.05, 0) is 35.7 Å². The SMILES string of the molecule is O=C1N/C(=N\N=C/c2ccccc2)S[C@@H]1Cc1cc(Cl)ccc1Cl. The predicted octanol–water partition coefficient (Wildman–Crippen LogP) is 4.16. The minimum atomic E-state index is -0.299. The summed E-state index contributed by atoms with van der Waals surface area (Å²) < 4.78 is 0. The summed E-state index contributed by atoms with van der Waals surface area (Å²) in [6.45, 7) is 0. The molecule has 2 aromatic carbocycles. The fourth-order valence-corrected chi connectivity index (χ4v) is 3.51. The van der Waals surface area contributed by atoms with E-state index in [1.54, 1.807) is 24.4 Å². The minimum absolute atomic E-state index is 0.107. The molecule has 1 aliphatic rings. The van der Waals surface area contributed by atoms with E-state index < -0.39 is 0 Å². The Hall–Kier alpha value is -1.82. The maximum Gasteiger partial charge on any atom is 0.239 e. The average Bonchev–Trinajstić information content (AvgIpc) is 2.92. The van der Waals surface area contributed by atoms with Gasteiger partial charge in [-0.25, -0.2) is 0 Å². The zero-order valence-electron chi connectivity index (χ0n) is 12.4. The third-order valence-corrected chi connectivity index (χ3v) is 5.02. The first-order chi connectivity index (χ1) is 11.6. The normalized spacial score (nSPS) is 19.2. The molecule has 1 saturated heterocycles. The summed E-state index contributed by atoms with van der Waals surface area (Å²) in [5.41, 5.74) is 1.78. The number of halogens is 2. The molecule has 1 fully saturated rings. The molecular formula is C17H13Cl2N3OS. The Bertz CT molecular complexity index is 809. The lowest BCUT2D eigenvalue weighted by atomic mass is 10.1. The van der Waals surface area contributed by atoms with Gasteiger partial charge in [-0.15, -0.1) is 5.10 Å². The monoisotopic (exact) mass is 377 g/mol. The van der Waals surface area contributed by atoms with Gasteiger partial charge in [0.05, 0.1) is 11.5 Å². The highest BCUT2D eigenvalue weighted by Gasteiger charge is 2.31. The number of carbonyl (C=O) groups is 1. The summed E-state index contributed by atoms with van der Waals surface area (Å²) in [5.74, 6) is -0.107. The molecule has 1 amide bonds. The lowest BCUT2D eigenvalue weighted by Gasteiger charge is -2.07. The molecule has 1 atom stereocenters. The van der Waals surface area contributed by atoms with Crippen molar-refractivity contribution in [2.45, 2.75) is 11.7 Å². The van der Waals surface area contributed by atoms with E-state index in [9.17, 15) is 4.79 Å². The number of amides is 1. The van der Waals surface area contributed by atoms with Crippen molar-refractivity contribution in [1.82, 2.24) is 5.32 Å². The summed E-state index contributed by atoms with van der Waals surface area (Å²) in [7, 11) is 0. The van der Waals surface area contributed by atoms with Crippen LogP contribution >= 0.6 is 35.0 Å². The van der Waals surface area contributed by atoms with E-state index in [1.807, 2.05) is 30.3 Å². The first-order valence-electron chi connectivity index (χ1n) is 7.19. The summed E-state index contributed by atoms with van der Waals surface area (Å²) in [4.78, 5) is 12.1. The topological polar surface area (TPSA) is 53.8 Å². The van der Waals surface area contributed by atoms with E-state index >= 15 is 0 Å². The van der Waals surface area contributed by atoms with Gasteiger partial charge in [0.25, 0.3) is 0 Å². The molecule has 0 radical (unpaired) electrons. The first kappa shape index (κ1) is 17.0. The van der Waals surface area contributed by atoms with Crippen molar-refractivity contribution in [2.24, 2.45) is 10.2 Å². The van der Waals surface area contributed by atoms with Crippen LogP contribution < -0.4 is 5.32 Å². The van der Waals surface area contributed by atoms with Crippen LogP contribution in [-0.4, -0.2) is 22.5 Å². The predicted molar refractivity (Wildman–Crippen MR) is 101 cm³/mol. The Balaban J connectivity index is 1.66. The maximum absolute atomic E-state index is 12.1. The van der Waals surface area contributed by atoms with Crippen LogP contribution in [-0.2, 0) is 11.2 Å². The van der Waals surface area contributed by atoms with Crippen LogP contribution in [0.1, 0.15) is 11.1 Å². The molecule has 1 heterocycles. The van der Waals surface area contributed by atoms with Crippen molar-refractivity contribution in [1.29, 1.82) is 0 Å². The molecule has 0 bridgehead atoms. The lowest BCUT2D eigenvalue weighted by Crippen LogP contribution is -2.26. The summed E-state index contributed by atoms with van der Waals surface area (Å²) in [6, 6.07) is 14.9. The summed E-state index contributed by atoms with van der Waals surface area (Å²) in [6.07, 6.45) is 2.12. The molecule has 1 N–H and O–H groups in total. The second-order valence-electron chi connectivity index (χ2n) is 5.10. The van der Waals surface area contributed by atoms with E-state index in [1.165, 1.54) is 11.8 Å². The Morgan fingerprint density at radius 2 is 1.96 bits per heavy atom. The largest absolute Gasteiger partial charge is 0.303 e. The van der Waals surface area contributed by atoms with E-state index in [0.717, 1.165) is 11.1 Å². The number of nitrogens with zero attached hydrogens (tertiary/aromatic N) is 2. The van der Waals surface area contributed by atoms with Gasteiger partial charge in [-0.3, -0.25) is 4.79 Å². The van der Waals surface area contributed by atoms with Gasteiger partial charge in [0.1, 0.15) is 0 Å². The van der Waals surface area contributed by atoms with Crippen LogP contribution in [0.15, 0.2) is 58.7 Å². The lowest BCUT2D eigenvalue weighted by molar-refractivity contribution is -0.118. The average molecular weight is 378 g/mol. The number of rotatable bonds is 4. The molecular weight excluding hydrogens is 365 g/mol. The Morgan fingerprint density at radius 1 is 1.17 bits per heavy atom. The van der Waals surface area contributed by atoms with Crippen molar-refractivity contribution in [3.05, 3.63) is 69.7 Å². The quantitative estimate of drug-likeness (QED) is 0.642. The smallest absolute Gasteiger partial charge is 0.239 e. The third kappa shape index (κ3) is 4.38. The van der Waals surface area contributed by atoms with Crippen LogP contribution in [0.3, 0.4) is 0 Å². The van der Waals surface area contributed by atoms with Crippen LogP contribution in [0, 0.1) is 0 Å². The Labute approximate surface area is 154 Å². The second-order valence-corrected chi connectivity index (χ2v) is 7.13. The van der Waals surface area contributed by atoms with E-state index in [4.69, 9.17) is 23.2 Å². The highest BCUT2D eigenvalue weighted by Crippen LogP contribution is 2.28. The van der Waals surface area contributed by atoms with Gasteiger partial charge in [-0.2, -0.15) is 5.10 Å². The van der Waals surface area contributed by atoms with Crippen molar-refractivity contribution >= 4 is 52.3 Å². The zero-order valence-corrected chi connectivity index (χ0v) is 14.8. The molecule has 1 aliphatic heterocycles. The van der Waals surface area contributed by atoms with Crippen LogP contribution in [0.4, 0.5) is 0 Å². The standard InChI is InChI=1S/C17H13Cl2N3OS/c18-13-6-7-14(19)12(8-13)9-15-16(23)21-17(24-15)22-20-10-11-4-2-1-3-5-11/h1-8,10,15H,9H2,(H,21,22,23)/b20-10-/t15-/m1/s1. The fourth-order valence-electron chi connectivity index (χ4n) is 2.17. The molecule has 0 saturated carbocycles. The number of nitrogens with one attached hydrogen (secondary N) is 1. The molecule has 2 aromatic rings. The van der Waals surface area contributed by atoms with Gasteiger partial charge < -0.3 is 5.32 Å². The highest BCUT2D eigenvalue weighted by molar-refractivity contribution is 8.15. The molecule has 0 aliphatic carbocycles. The Morgan fingerprint density at radius 3 is 2.75 bits per heavy atom. The van der Waals surface area contributed by atoms with Gasteiger partial charge >= 0.3 is 0 Å². The van der Waals surface area contributed by atoms with E-state index in [2.05, 4.69) is 15.5 Å². The number of benzene rings is 2. The molecule has 0 spiro atoms.